The lowest BCUT2D eigenvalue weighted by Gasteiger charge is -2.40. The molecule has 0 fully saturated rings. The number of carbonyl (C=O) groups excluding carboxylic acids is 1. The van der Waals surface area contributed by atoms with Crippen LogP contribution < -0.4 is 9.47 Å². The maximum atomic E-state index is 13.3. The van der Waals surface area contributed by atoms with Crippen molar-refractivity contribution in [3.05, 3.63) is 95.6 Å². The molecule has 0 saturated carbocycles. The molecule has 3 aromatic carbocycles. The summed E-state index contributed by atoms with van der Waals surface area (Å²) in [4.78, 5) is 13.3. The first-order valence-corrected chi connectivity index (χ1v) is 11.0. The van der Waals surface area contributed by atoms with Crippen LogP contribution in [0.5, 0.6) is 11.5 Å². The lowest BCUT2D eigenvalue weighted by molar-refractivity contribution is -0.147. The molecule has 0 spiro atoms. The molecule has 0 aliphatic carbocycles. The average Bonchev–Trinajstić information content (AvgIpc) is 2.82. The molecule has 4 nitrogen and oxygen atoms in total. The number of methoxy groups -OCH3 is 1. The third-order valence-electron chi connectivity index (χ3n) is 5.46. The SMILES string of the molecule is COC(=O)C1(c2ccccc2)CC(CBr)Oc2ccc(OCc3ccccc3)cc21. The van der Waals surface area contributed by atoms with Crippen LogP contribution in [-0.2, 0) is 21.6 Å². The van der Waals surface area contributed by atoms with Gasteiger partial charge in [0.25, 0.3) is 0 Å². The van der Waals surface area contributed by atoms with Crippen molar-refractivity contribution in [2.45, 2.75) is 24.5 Å². The van der Waals surface area contributed by atoms with Gasteiger partial charge >= 0.3 is 5.97 Å². The first-order chi connectivity index (χ1) is 14.7. The maximum Gasteiger partial charge on any atom is 0.321 e. The van der Waals surface area contributed by atoms with Crippen LogP contribution in [0.15, 0.2) is 78.9 Å². The van der Waals surface area contributed by atoms with Crippen LogP contribution in [0.25, 0.3) is 0 Å². The van der Waals surface area contributed by atoms with E-state index in [9.17, 15) is 4.79 Å². The number of carbonyl (C=O) groups is 1. The fraction of sp³-hybridized carbons (Fsp3) is 0.240. The predicted molar refractivity (Wildman–Crippen MR) is 119 cm³/mol. The summed E-state index contributed by atoms with van der Waals surface area (Å²) >= 11 is 3.52. The maximum absolute atomic E-state index is 13.3. The second-order valence-electron chi connectivity index (χ2n) is 7.29. The number of hydrogen-bond donors (Lipinski definition) is 0. The third kappa shape index (κ3) is 3.82. The quantitative estimate of drug-likeness (QED) is 0.366. The fourth-order valence-electron chi connectivity index (χ4n) is 4.02. The molecule has 154 valence electrons. The fourth-order valence-corrected chi connectivity index (χ4v) is 4.38. The highest BCUT2D eigenvalue weighted by molar-refractivity contribution is 9.09. The number of benzene rings is 3. The third-order valence-corrected chi connectivity index (χ3v) is 6.18. The Morgan fingerprint density at radius 3 is 2.43 bits per heavy atom. The van der Waals surface area contributed by atoms with Gasteiger partial charge in [-0.25, -0.2) is 0 Å². The normalized spacial score (nSPS) is 20.0. The molecule has 0 amide bonds. The summed E-state index contributed by atoms with van der Waals surface area (Å²) in [5, 5.41) is 0.615. The molecular weight excluding hydrogens is 444 g/mol. The molecule has 4 rings (SSSR count). The smallest absolute Gasteiger partial charge is 0.321 e. The molecule has 1 aliphatic heterocycles. The van der Waals surface area contributed by atoms with Crippen LogP contribution in [0.4, 0.5) is 0 Å². The van der Waals surface area contributed by atoms with Crippen molar-refractivity contribution in [2.75, 3.05) is 12.4 Å². The minimum Gasteiger partial charge on any atom is -0.489 e. The summed E-state index contributed by atoms with van der Waals surface area (Å²) < 4.78 is 17.5. The van der Waals surface area contributed by atoms with Crippen molar-refractivity contribution in [3.63, 3.8) is 0 Å². The molecule has 0 saturated heterocycles. The number of halogens is 1. The minimum atomic E-state index is -0.964. The van der Waals surface area contributed by atoms with E-state index < -0.39 is 5.41 Å². The van der Waals surface area contributed by atoms with Gasteiger partial charge in [-0.05, 0) is 29.3 Å². The summed E-state index contributed by atoms with van der Waals surface area (Å²) in [6, 6.07) is 25.4. The van der Waals surface area contributed by atoms with E-state index in [2.05, 4.69) is 15.9 Å². The molecule has 2 unspecified atom stereocenters. The molecule has 30 heavy (non-hydrogen) atoms. The van der Waals surface area contributed by atoms with E-state index in [0.29, 0.717) is 29.9 Å². The first-order valence-electron chi connectivity index (χ1n) is 9.85. The molecule has 1 aliphatic rings. The summed E-state index contributed by atoms with van der Waals surface area (Å²) in [7, 11) is 1.43. The summed E-state index contributed by atoms with van der Waals surface area (Å²) in [5.74, 6) is 1.05. The number of alkyl halides is 1. The topological polar surface area (TPSA) is 44.8 Å². The summed E-state index contributed by atoms with van der Waals surface area (Å²) in [6.45, 7) is 0.446. The van der Waals surface area contributed by atoms with Gasteiger partial charge in [-0.1, -0.05) is 76.6 Å². The molecule has 0 N–H and O–H groups in total. The second kappa shape index (κ2) is 8.92. The molecule has 5 heteroatoms. The summed E-state index contributed by atoms with van der Waals surface area (Å²) in [6.07, 6.45) is 0.317. The van der Waals surface area contributed by atoms with E-state index in [0.717, 1.165) is 16.7 Å². The zero-order valence-corrected chi connectivity index (χ0v) is 18.3. The predicted octanol–water partition coefficient (Wildman–Crippen LogP) is 5.27. The van der Waals surface area contributed by atoms with E-state index in [1.54, 1.807) is 0 Å². The van der Waals surface area contributed by atoms with Gasteiger partial charge in [0.2, 0.25) is 0 Å². The van der Waals surface area contributed by atoms with Gasteiger partial charge in [0.05, 0.1) is 7.11 Å². The van der Waals surface area contributed by atoms with E-state index in [-0.39, 0.29) is 12.1 Å². The Balaban J connectivity index is 1.79. The Kier molecular flexibility index (Phi) is 6.09. The highest BCUT2D eigenvalue weighted by atomic mass is 79.9. The van der Waals surface area contributed by atoms with Crippen LogP contribution in [0.3, 0.4) is 0 Å². The molecule has 0 aromatic heterocycles. The van der Waals surface area contributed by atoms with E-state index >= 15 is 0 Å². The minimum absolute atomic E-state index is 0.159. The van der Waals surface area contributed by atoms with Crippen LogP contribution in [0, 0.1) is 0 Å². The van der Waals surface area contributed by atoms with Crippen LogP contribution in [0.2, 0.25) is 0 Å². The Labute approximate surface area is 184 Å². The van der Waals surface area contributed by atoms with E-state index in [1.165, 1.54) is 7.11 Å². The molecular formula is C25H23BrO4. The molecule has 0 radical (unpaired) electrons. The second-order valence-corrected chi connectivity index (χ2v) is 7.94. The van der Waals surface area contributed by atoms with Crippen LogP contribution >= 0.6 is 15.9 Å². The van der Waals surface area contributed by atoms with Gasteiger partial charge in [-0.3, -0.25) is 4.79 Å². The van der Waals surface area contributed by atoms with E-state index in [1.807, 2.05) is 78.9 Å². The first kappa shape index (κ1) is 20.5. The van der Waals surface area contributed by atoms with Crippen molar-refractivity contribution in [2.24, 2.45) is 0 Å². The van der Waals surface area contributed by atoms with Gasteiger partial charge in [-0.15, -0.1) is 0 Å². The van der Waals surface area contributed by atoms with Crippen molar-refractivity contribution in [1.29, 1.82) is 0 Å². The van der Waals surface area contributed by atoms with E-state index in [4.69, 9.17) is 14.2 Å². The largest absolute Gasteiger partial charge is 0.489 e. The monoisotopic (exact) mass is 466 g/mol. The Bertz CT molecular complexity index is 1010. The van der Waals surface area contributed by atoms with Crippen molar-refractivity contribution >= 4 is 21.9 Å². The van der Waals surface area contributed by atoms with Crippen molar-refractivity contribution in [3.8, 4) is 11.5 Å². The Morgan fingerprint density at radius 2 is 1.77 bits per heavy atom. The highest BCUT2D eigenvalue weighted by Crippen LogP contribution is 2.48. The summed E-state index contributed by atoms with van der Waals surface area (Å²) in [5.41, 5.74) is 1.76. The molecule has 1 heterocycles. The van der Waals surface area contributed by atoms with Gasteiger partial charge in [0, 0.05) is 17.3 Å². The number of ether oxygens (including phenoxy) is 3. The Morgan fingerprint density at radius 1 is 1.07 bits per heavy atom. The Hall–Kier alpha value is -2.79. The van der Waals surface area contributed by atoms with Gasteiger partial charge in [-0.2, -0.15) is 0 Å². The zero-order chi connectivity index (χ0) is 21.0. The molecule has 2 atom stereocenters. The van der Waals surface area contributed by atoms with Gasteiger partial charge < -0.3 is 14.2 Å². The number of esters is 1. The standard InChI is InChI=1S/C25H23BrO4/c1-28-24(27)25(19-10-6-3-7-11-19)15-21(16-26)30-23-13-12-20(14-22(23)25)29-17-18-8-4-2-5-9-18/h2-14,21H,15-17H2,1H3. The number of hydrogen-bond acceptors (Lipinski definition) is 4. The average molecular weight is 467 g/mol. The zero-order valence-electron chi connectivity index (χ0n) is 16.7. The van der Waals surface area contributed by atoms with Crippen molar-refractivity contribution < 1.29 is 19.0 Å². The lowest BCUT2D eigenvalue weighted by atomic mass is 9.69. The van der Waals surface area contributed by atoms with Gasteiger partial charge in [0.15, 0.2) is 0 Å². The van der Waals surface area contributed by atoms with Crippen molar-refractivity contribution in [1.82, 2.24) is 0 Å². The lowest BCUT2D eigenvalue weighted by Crippen LogP contribution is -2.46. The number of fused-ring (bicyclic) bond motifs is 1. The molecule has 3 aromatic rings. The van der Waals surface area contributed by atoms with Gasteiger partial charge in [0.1, 0.15) is 29.6 Å². The highest BCUT2D eigenvalue weighted by Gasteiger charge is 2.50. The van der Waals surface area contributed by atoms with Crippen LogP contribution in [-0.4, -0.2) is 24.5 Å². The number of rotatable bonds is 6. The van der Waals surface area contributed by atoms with Crippen LogP contribution in [0.1, 0.15) is 23.1 Å². The molecule has 0 bridgehead atoms.